The molecule has 118 valence electrons. The van der Waals surface area contributed by atoms with Gasteiger partial charge in [-0.25, -0.2) is 4.98 Å². The first-order valence-electron chi connectivity index (χ1n) is 6.09. The zero-order chi connectivity index (χ0) is 16.5. The van der Waals surface area contributed by atoms with E-state index in [1.165, 1.54) is 24.1 Å². The largest absolute Gasteiger partial charge is 0.481 e. The lowest BCUT2D eigenvalue weighted by Gasteiger charge is -2.11. The van der Waals surface area contributed by atoms with E-state index in [0.29, 0.717) is 5.56 Å². The minimum atomic E-state index is -4.59. The molecule has 0 spiro atoms. The van der Waals surface area contributed by atoms with E-state index in [2.05, 4.69) is 10.1 Å². The maximum Gasteiger partial charge on any atom is 0.433 e. The molecule has 0 aliphatic heterocycles. The molecule has 2 aromatic rings. The quantitative estimate of drug-likeness (QED) is 0.935. The van der Waals surface area contributed by atoms with E-state index in [-0.39, 0.29) is 23.6 Å². The Hall–Kier alpha value is -2.58. The van der Waals surface area contributed by atoms with Crippen LogP contribution < -0.4 is 4.74 Å². The Kier molecular flexibility index (Phi) is 4.07. The molecule has 2 heterocycles. The second-order valence-electron chi connectivity index (χ2n) is 4.48. The smallest absolute Gasteiger partial charge is 0.433 e. The topological polar surface area (TPSA) is 77.2 Å². The van der Waals surface area contributed by atoms with Crippen LogP contribution in [0.4, 0.5) is 13.2 Å². The normalized spacial score (nSPS) is 11.5. The molecular weight excluding hydrogens is 303 g/mol. The van der Waals surface area contributed by atoms with Gasteiger partial charge in [-0.2, -0.15) is 18.3 Å². The van der Waals surface area contributed by atoms with Gasteiger partial charge in [0, 0.05) is 24.4 Å². The van der Waals surface area contributed by atoms with Crippen LogP contribution in [0.2, 0.25) is 0 Å². The van der Waals surface area contributed by atoms with Gasteiger partial charge in [-0.3, -0.25) is 9.48 Å². The van der Waals surface area contributed by atoms with Crippen molar-refractivity contribution in [1.29, 1.82) is 0 Å². The van der Waals surface area contributed by atoms with Crippen LogP contribution in [0.25, 0.3) is 11.1 Å². The summed E-state index contributed by atoms with van der Waals surface area (Å²) in [5, 5.41) is 12.9. The average Bonchev–Trinajstić information content (AvgIpc) is 2.76. The van der Waals surface area contributed by atoms with Gasteiger partial charge < -0.3 is 9.84 Å². The molecule has 9 heteroatoms. The number of aliphatic carboxylic acids is 1. The Morgan fingerprint density at radius 2 is 2.05 bits per heavy atom. The van der Waals surface area contributed by atoms with E-state index in [4.69, 9.17) is 9.84 Å². The van der Waals surface area contributed by atoms with Crippen molar-refractivity contribution in [2.45, 2.75) is 12.6 Å². The van der Waals surface area contributed by atoms with Crippen molar-refractivity contribution in [1.82, 2.24) is 14.8 Å². The zero-order valence-corrected chi connectivity index (χ0v) is 11.7. The van der Waals surface area contributed by atoms with Crippen LogP contribution in [0.1, 0.15) is 11.4 Å². The Labute approximate surface area is 123 Å². The summed E-state index contributed by atoms with van der Waals surface area (Å²) in [6.07, 6.45) is -3.45. The second kappa shape index (κ2) is 5.66. The van der Waals surface area contributed by atoms with Crippen LogP contribution in [0.3, 0.4) is 0 Å². The van der Waals surface area contributed by atoms with Crippen LogP contribution in [-0.4, -0.2) is 33.0 Å². The van der Waals surface area contributed by atoms with Gasteiger partial charge in [0.15, 0.2) is 0 Å². The summed E-state index contributed by atoms with van der Waals surface area (Å²) in [5.41, 5.74) is -0.255. The minimum absolute atomic E-state index is 0.217. The summed E-state index contributed by atoms with van der Waals surface area (Å²) in [5.74, 6) is -1.34. The van der Waals surface area contributed by atoms with E-state index in [0.717, 1.165) is 6.07 Å². The van der Waals surface area contributed by atoms with Gasteiger partial charge in [-0.05, 0) is 12.1 Å². The summed E-state index contributed by atoms with van der Waals surface area (Å²) < 4.78 is 44.3. The molecule has 22 heavy (non-hydrogen) atoms. The van der Waals surface area contributed by atoms with Crippen LogP contribution in [-0.2, 0) is 24.4 Å². The molecule has 0 unspecified atom stereocenters. The SMILES string of the molecule is COc1nc(C(F)(F)F)ccc1-c1cn(C)nc1CC(=O)O. The van der Waals surface area contributed by atoms with Crippen LogP contribution in [0.5, 0.6) is 5.88 Å². The Bertz CT molecular complexity index is 710. The van der Waals surface area contributed by atoms with Crippen molar-refractivity contribution < 1.29 is 27.8 Å². The molecule has 0 aliphatic rings. The number of halogens is 3. The predicted octanol–water partition coefficient (Wildman–Crippen LogP) is 2.14. The van der Waals surface area contributed by atoms with E-state index in [1.54, 1.807) is 7.05 Å². The van der Waals surface area contributed by atoms with Crippen LogP contribution >= 0.6 is 0 Å². The number of hydrogen-bond donors (Lipinski definition) is 1. The first-order chi connectivity index (χ1) is 10.2. The Morgan fingerprint density at radius 3 is 2.59 bits per heavy atom. The number of rotatable bonds is 4. The van der Waals surface area contributed by atoms with Crippen LogP contribution in [0.15, 0.2) is 18.3 Å². The van der Waals surface area contributed by atoms with Crippen molar-refractivity contribution in [3.05, 3.63) is 29.7 Å². The van der Waals surface area contributed by atoms with Gasteiger partial charge in [0.1, 0.15) is 5.69 Å². The first kappa shape index (κ1) is 15.8. The summed E-state index contributed by atoms with van der Waals surface area (Å²) in [6.45, 7) is 0. The van der Waals surface area contributed by atoms with Crippen molar-refractivity contribution in [2.75, 3.05) is 7.11 Å². The number of alkyl halides is 3. The molecule has 0 bridgehead atoms. The molecule has 0 atom stereocenters. The lowest BCUT2D eigenvalue weighted by Crippen LogP contribution is -2.09. The number of carboxylic acid groups (broad SMARTS) is 1. The number of nitrogens with zero attached hydrogens (tertiary/aromatic N) is 3. The summed E-state index contributed by atoms with van der Waals surface area (Å²) in [4.78, 5) is 14.3. The van der Waals surface area contributed by atoms with Gasteiger partial charge in [-0.15, -0.1) is 0 Å². The van der Waals surface area contributed by atoms with E-state index in [9.17, 15) is 18.0 Å². The van der Waals surface area contributed by atoms with Crippen molar-refractivity contribution in [3.8, 4) is 17.0 Å². The van der Waals surface area contributed by atoms with Gasteiger partial charge in [0.05, 0.1) is 19.2 Å². The third-order valence-corrected chi connectivity index (χ3v) is 2.86. The van der Waals surface area contributed by atoms with E-state index in [1.807, 2.05) is 0 Å². The number of pyridine rings is 1. The molecule has 0 amide bonds. The maximum absolute atomic E-state index is 12.7. The highest BCUT2D eigenvalue weighted by Crippen LogP contribution is 2.35. The van der Waals surface area contributed by atoms with E-state index >= 15 is 0 Å². The maximum atomic E-state index is 12.7. The average molecular weight is 315 g/mol. The zero-order valence-electron chi connectivity index (χ0n) is 11.7. The molecule has 0 saturated heterocycles. The van der Waals surface area contributed by atoms with Crippen molar-refractivity contribution in [2.24, 2.45) is 7.05 Å². The third-order valence-electron chi connectivity index (χ3n) is 2.86. The second-order valence-corrected chi connectivity index (χ2v) is 4.48. The molecule has 0 radical (unpaired) electrons. The van der Waals surface area contributed by atoms with E-state index < -0.39 is 17.8 Å². The Balaban J connectivity index is 2.55. The monoisotopic (exact) mass is 315 g/mol. The summed E-state index contributed by atoms with van der Waals surface area (Å²) in [6, 6.07) is 2.01. The molecule has 2 aromatic heterocycles. The highest BCUT2D eigenvalue weighted by atomic mass is 19.4. The number of methoxy groups -OCH3 is 1. The number of ether oxygens (including phenoxy) is 1. The fourth-order valence-corrected chi connectivity index (χ4v) is 1.99. The number of aromatic nitrogens is 3. The lowest BCUT2D eigenvalue weighted by atomic mass is 10.1. The molecule has 0 fully saturated rings. The molecule has 1 N–H and O–H groups in total. The fraction of sp³-hybridized carbons (Fsp3) is 0.308. The summed E-state index contributed by atoms with van der Waals surface area (Å²) >= 11 is 0. The van der Waals surface area contributed by atoms with Crippen molar-refractivity contribution >= 4 is 5.97 Å². The highest BCUT2D eigenvalue weighted by molar-refractivity contribution is 5.77. The van der Waals surface area contributed by atoms with Crippen LogP contribution in [0, 0.1) is 0 Å². The molecule has 2 rings (SSSR count). The molecule has 0 saturated carbocycles. The summed E-state index contributed by atoms with van der Waals surface area (Å²) in [7, 11) is 2.78. The van der Waals surface area contributed by atoms with Gasteiger partial charge >= 0.3 is 12.1 Å². The predicted molar refractivity (Wildman–Crippen MR) is 69.3 cm³/mol. The minimum Gasteiger partial charge on any atom is -0.481 e. The van der Waals surface area contributed by atoms with Gasteiger partial charge in [-0.1, -0.05) is 0 Å². The number of aryl methyl sites for hydroxylation is 1. The first-order valence-corrected chi connectivity index (χ1v) is 6.09. The van der Waals surface area contributed by atoms with Gasteiger partial charge in [0.25, 0.3) is 0 Å². The number of hydrogen-bond acceptors (Lipinski definition) is 4. The molecular formula is C13H12F3N3O3. The lowest BCUT2D eigenvalue weighted by molar-refractivity contribution is -0.141. The van der Waals surface area contributed by atoms with Gasteiger partial charge in [0.2, 0.25) is 5.88 Å². The van der Waals surface area contributed by atoms with Crippen molar-refractivity contribution in [3.63, 3.8) is 0 Å². The highest BCUT2D eigenvalue weighted by Gasteiger charge is 2.33. The number of carbonyl (C=O) groups is 1. The molecule has 0 aliphatic carbocycles. The molecule has 6 nitrogen and oxygen atoms in total. The molecule has 0 aromatic carbocycles. The number of carboxylic acids is 1. The fourth-order valence-electron chi connectivity index (χ4n) is 1.99. The standard InChI is InChI=1S/C13H12F3N3O3/c1-19-6-8(9(18-19)5-11(20)21)7-3-4-10(13(14,15)16)17-12(7)22-2/h3-4,6H,5H2,1-2H3,(H,20,21). The Morgan fingerprint density at radius 1 is 1.36 bits per heavy atom. The third kappa shape index (κ3) is 3.18.